The average molecular weight is 452 g/mol. The summed E-state index contributed by atoms with van der Waals surface area (Å²) in [5.74, 6) is 3.22. The summed E-state index contributed by atoms with van der Waals surface area (Å²) in [7, 11) is 1.65. The number of nitrogens with one attached hydrogen (secondary N) is 1. The molecule has 1 radical (unpaired) electrons. The fourth-order valence-electron chi connectivity index (χ4n) is 4.49. The number of amides is 2. The summed E-state index contributed by atoms with van der Waals surface area (Å²) < 4.78 is 11.5. The third kappa shape index (κ3) is 3.53. The van der Waals surface area contributed by atoms with E-state index in [0.717, 1.165) is 50.6 Å². The van der Waals surface area contributed by atoms with Gasteiger partial charge < -0.3 is 19.7 Å². The number of aryl methyl sites for hydroxylation is 1. The number of carbonyl (C=O) groups is 1. The number of fused-ring (bicyclic) bond motifs is 3. The van der Waals surface area contributed by atoms with Crippen LogP contribution >= 0.6 is 0 Å². The van der Waals surface area contributed by atoms with Crippen LogP contribution in [0.2, 0.25) is 0 Å². The van der Waals surface area contributed by atoms with E-state index in [4.69, 9.17) is 14.5 Å². The Balaban J connectivity index is 1.38. The van der Waals surface area contributed by atoms with Crippen molar-refractivity contribution < 1.29 is 14.3 Å². The molecular formula is C26H22N5O3. The van der Waals surface area contributed by atoms with E-state index in [9.17, 15) is 4.79 Å². The van der Waals surface area contributed by atoms with Crippen LogP contribution in [0.1, 0.15) is 11.4 Å². The van der Waals surface area contributed by atoms with Crippen LogP contribution in [0.25, 0.3) is 22.0 Å². The molecule has 4 aromatic rings. The lowest BCUT2D eigenvalue weighted by atomic mass is 10.0. The summed E-state index contributed by atoms with van der Waals surface area (Å²) in [6.07, 6.45) is 0. The molecule has 169 valence electrons. The Morgan fingerprint density at radius 3 is 2.76 bits per heavy atom. The molecule has 1 N–H and O–H groups in total. The molecule has 0 unspecified atom stereocenters. The predicted octanol–water partition coefficient (Wildman–Crippen LogP) is 4.79. The summed E-state index contributed by atoms with van der Waals surface area (Å²) in [5.41, 5.74) is 5.35. The highest BCUT2D eigenvalue weighted by molar-refractivity contribution is 6.03. The Morgan fingerprint density at radius 1 is 1.03 bits per heavy atom. The van der Waals surface area contributed by atoms with E-state index < -0.39 is 0 Å². The van der Waals surface area contributed by atoms with Gasteiger partial charge in [-0.3, -0.25) is 0 Å². The minimum absolute atomic E-state index is 0.330. The maximum absolute atomic E-state index is 11.6. The van der Waals surface area contributed by atoms with Gasteiger partial charge in [0.15, 0.2) is 0 Å². The van der Waals surface area contributed by atoms with E-state index >= 15 is 0 Å². The van der Waals surface area contributed by atoms with E-state index in [1.165, 1.54) is 0 Å². The first-order valence-electron chi connectivity index (χ1n) is 11.1. The average Bonchev–Trinajstić information content (AvgIpc) is 3.08. The lowest BCUT2D eigenvalue weighted by Gasteiger charge is -2.23. The number of methoxy groups -OCH3 is 1. The van der Waals surface area contributed by atoms with Crippen molar-refractivity contribution in [1.82, 2.24) is 15.3 Å². The van der Waals surface area contributed by atoms with Gasteiger partial charge in [0, 0.05) is 23.6 Å². The molecule has 34 heavy (non-hydrogen) atoms. The van der Waals surface area contributed by atoms with Crippen LogP contribution in [0.5, 0.6) is 11.5 Å². The van der Waals surface area contributed by atoms with Crippen LogP contribution in [-0.4, -0.2) is 36.3 Å². The Morgan fingerprint density at radius 2 is 1.88 bits per heavy atom. The maximum atomic E-state index is 11.6. The molecule has 0 spiro atoms. The number of nitrogens with zero attached hydrogens (tertiary/aromatic N) is 4. The molecule has 0 saturated carbocycles. The zero-order valence-electron chi connectivity index (χ0n) is 18.8. The van der Waals surface area contributed by atoms with Crippen LogP contribution in [0, 0.1) is 6.92 Å². The molecule has 0 atom stereocenters. The van der Waals surface area contributed by atoms with Gasteiger partial charge in [0.25, 0.3) is 0 Å². The van der Waals surface area contributed by atoms with Gasteiger partial charge in [-0.15, -0.1) is 0 Å². The largest absolute Gasteiger partial charge is 0.497 e. The van der Waals surface area contributed by atoms with Gasteiger partial charge in [-0.1, -0.05) is 12.1 Å². The van der Waals surface area contributed by atoms with Crippen molar-refractivity contribution in [2.75, 3.05) is 30.5 Å². The molecule has 0 fully saturated rings. The van der Waals surface area contributed by atoms with Crippen LogP contribution in [-0.2, 0) is 6.54 Å². The molecule has 8 nitrogen and oxygen atoms in total. The number of ether oxygens (including phenoxy) is 2. The van der Waals surface area contributed by atoms with Crippen molar-refractivity contribution in [3.05, 3.63) is 66.0 Å². The van der Waals surface area contributed by atoms with Gasteiger partial charge in [-0.25, -0.2) is 14.8 Å². The highest BCUT2D eigenvalue weighted by Crippen LogP contribution is 2.36. The molecule has 3 heterocycles. The molecule has 2 amide bonds. The molecule has 3 aromatic carbocycles. The zero-order chi connectivity index (χ0) is 23.2. The van der Waals surface area contributed by atoms with Crippen LogP contribution in [0.15, 0.2) is 54.6 Å². The lowest BCUT2D eigenvalue weighted by Crippen LogP contribution is -2.26. The zero-order valence-corrected chi connectivity index (χ0v) is 18.8. The Kier molecular flexibility index (Phi) is 4.72. The Hall–Kier alpha value is -4.33. The summed E-state index contributed by atoms with van der Waals surface area (Å²) in [4.78, 5) is 23.2. The third-order valence-electron chi connectivity index (χ3n) is 6.13. The SMILES string of the molecule is COc1ccc2c(N3CCOc4ccc(-c5ccc6c(c5)[N]C(=O)N6)cc4C3)nc(C)nc2c1. The fourth-order valence-corrected chi connectivity index (χ4v) is 4.49. The van der Waals surface area contributed by atoms with Crippen LogP contribution < -0.4 is 25.0 Å². The van der Waals surface area contributed by atoms with E-state index in [2.05, 4.69) is 26.6 Å². The molecular weight excluding hydrogens is 430 g/mol. The topological polar surface area (TPSA) is 90.7 Å². The highest BCUT2D eigenvalue weighted by Gasteiger charge is 2.22. The minimum Gasteiger partial charge on any atom is -0.497 e. The standard InChI is InChI=1S/C26H22N5O3/c1-15-27-22-13-19(33-2)5-6-20(22)25(28-15)31-9-10-34-24-8-4-16(11-18(24)14-31)17-3-7-21-23(12-17)30-26(32)29-21/h3-8,11-13H,9-10,14H2,1-2H3,(H,29,32). The van der Waals surface area contributed by atoms with Gasteiger partial charge in [0.2, 0.25) is 0 Å². The number of aromatic nitrogens is 2. The van der Waals surface area contributed by atoms with Crippen molar-refractivity contribution in [1.29, 1.82) is 0 Å². The highest BCUT2D eigenvalue weighted by atomic mass is 16.5. The molecule has 0 aliphatic carbocycles. The van der Waals surface area contributed by atoms with Crippen molar-refractivity contribution in [3.8, 4) is 22.6 Å². The molecule has 1 aromatic heterocycles. The first-order chi connectivity index (χ1) is 16.6. The van der Waals surface area contributed by atoms with Gasteiger partial charge in [0.1, 0.15) is 29.7 Å². The molecule has 6 rings (SSSR count). The smallest absolute Gasteiger partial charge is 0.346 e. The number of hydrogen-bond acceptors (Lipinski definition) is 6. The second-order valence-corrected chi connectivity index (χ2v) is 8.34. The minimum atomic E-state index is -0.330. The summed E-state index contributed by atoms with van der Waals surface area (Å²) in [6.45, 7) is 3.81. The maximum Gasteiger partial charge on any atom is 0.346 e. The molecule has 2 aliphatic rings. The normalized spacial score (nSPS) is 14.5. The van der Waals surface area contributed by atoms with Crippen molar-refractivity contribution in [2.24, 2.45) is 0 Å². The summed E-state index contributed by atoms with van der Waals surface area (Å²) in [5, 5.41) is 7.74. The van der Waals surface area contributed by atoms with E-state index in [0.29, 0.717) is 31.2 Å². The number of benzene rings is 3. The predicted molar refractivity (Wildman–Crippen MR) is 130 cm³/mol. The first-order valence-corrected chi connectivity index (χ1v) is 11.1. The van der Waals surface area contributed by atoms with Gasteiger partial charge >= 0.3 is 6.03 Å². The number of anilines is 2. The van der Waals surface area contributed by atoms with Crippen molar-refractivity contribution >= 4 is 34.1 Å². The van der Waals surface area contributed by atoms with Crippen LogP contribution in [0.3, 0.4) is 0 Å². The number of rotatable bonds is 3. The Bertz CT molecular complexity index is 1450. The monoisotopic (exact) mass is 452 g/mol. The van der Waals surface area contributed by atoms with Gasteiger partial charge in [0.05, 0.1) is 30.5 Å². The van der Waals surface area contributed by atoms with Crippen molar-refractivity contribution in [2.45, 2.75) is 13.5 Å². The van der Waals surface area contributed by atoms with E-state index in [-0.39, 0.29) is 6.03 Å². The van der Waals surface area contributed by atoms with Gasteiger partial charge in [-0.05, 0) is 54.4 Å². The van der Waals surface area contributed by atoms with E-state index in [1.807, 2.05) is 55.5 Å². The lowest BCUT2D eigenvalue weighted by molar-refractivity contribution is 0.256. The van der Waals surface area contributed by atoms with E-state index in [1.54, 1.807) is 7.11 Å². The number of carbonyl (C=O) groups excluding carboxylic acids is 1. The van der Waals surface area contributed by atoms with Crippen molar-refractivity contribution in [3.63, 3.8) is 0 Å². The molecule has 2 aliphatic heterocycles. The summed E-state index contributed by atoms with van der Waals surface area (Å²) >= 11 is 0. The quantitative estimate of drug-likeness (QED) is 0.480. The molecule has 0 bridgehead atoms. The molecule has 8 heteroatoms. The second kappa shape index (κ2) is 7.91. The Labute approximate surface area is 196 Å². The third-order valence-corrected chi connectivity index (χ3v) is 6.13. The fraction of sp³-hybridized carbons (Fsp3) is 0.192. The molecule has 0 saturated heterocycles. The second-order valence-electron chi connectivity index (χ2n) is 8.34. The number of hydrogen-bond donors (Lipinski definition) is 1. The first kappa shape index (κ1) is 20.3. The number of urea groups is 1. The van der Waals surface area contributed by atoms with Gasteiger partial charge in [-0.2, -0.15) is 5.32 Å². The summed E-state index contributed by atoms with van der Waals surface area (Å²) in [6, 6.07) is 17.5. The van der Waals surface area contributed by atoms with Crippen LogP contribution in [0.4, 0.5) is 22.0 Å².